The number of hydrogen-bond acceptors (Lipinski definition) is 5. The minimum absolute atomic E-state index is 0.165. The fourth-order valence-corrected chi connectivity index (χ4v) is 3.73. The molecule has 1 fully saturated rings. The van der Waals surface area contributed by atoms with Gasteiger partial charge in [-0.25, -0.2) is 9.59 Å². The fraction of sp³-hybridized carbons (Fsp3) is 0.571. The molecule has 0 bridgehead atoms. The van der Waals surface area contributed by atoms with Crippen LogP contribution in [-0.4, -0.2) is 24.1 Å². The van der Waals surface area contributed by atoms with E-state index in [0.717, 1.165) is 12.8 Å². The molecule has 1 saturated heterocycles. The Labute approximate surface area is 115 Å². The van der Waals surface area contributed by atoms with Crippen molar-refractivity contribution in [3.8, 4) is 0 Å². The number of cyclic esters (lactones) is 1. The van der Waals surface area contributed by atoms with E-state index in [-0.39, 0.29) is 6.10 Å². The average Bonchev–Trinajstić information content (AvgIpc) is 2.93. The summed E-state index contributed by atoms with van der Waals surface area (Å²) in [6.07, 6.45) is 4.02. The molecule has 3 rings (SSSR count). The lowest BCUT2D eigenvalue weighted by Gasteiger charge is -2.08. The summed E-state index contributed by atoms with van der Waals surface area (Å²) in [4.78, 5) is 25.4. The molecule has 0 saturated carbocycles. The minimum atomic E-state index is -0.735. The van der Waals surface area contributed by atoms with Crippen LogP contribution in [0, 0.1) is 0 Å². The van der Waals surface area contributed by atoms with Crippen LogP contribution in [0.25, 0.3) is 0 Å². The van der Waals surface area contributed by atoms with E-state index in [9.17, 15) is 9.59 Å². The summed E-state index contributed by atoms with van der Waals surface area (Å²) in [6, 6.07) is 1.92. The molecule has 1 aliphatic carbocycles. The first-order chi connectivity index (χ1) is 9.13. The summed E-state index contributed by atoms with van der Waals surface area (Å²) in [7, 11) is 0. The predicted molar refractivity (Wildman–Crippen MR) is 70.3 cm³/mol. The van der Waals surface area contributed by atoms with Crippen LogP contribution in [0.3, 0.4) is 0 Å². The van der Waals surface area contributed by atoms with E-state index in [1.807, 2.05) is 6.07 Å². The van der Waals surface area contributed by atoms with Gasteiger partial charge in [0.1, 0.15) is 11.0 Å². The number of thiophene rings is 1. The Bertz CT molecular complexity index is 496. The number of aryl methyl sites for hydroxylation is 2. The summed E-state index contributed by atoms with van der Waals surface area (Å²) >= 11 is 1.50. The van der Waals surface area contributed by atoms with Gasteiger partial charge in [0, 0.05) is 11.3 Å². The molecule has 0 radical (unpaired) electrons. The van der Waals surface area contributed by atoms with Crippen LogP contribution in [0.1, 0.15) is 46.3 Å². The number of hydrogen-bond donors (Lipinski definition) is 0. The third-order valence-electron chi connectivity index (χ3n) is 3.57. The van der Waals surface area contributed by atoms with Gasteiger partial charge < -0.3 is 9.47 Å². The molecule has 1 aromatic heterocycles. The number of fused-ring (bicyclic) bond motifs is 1. The van der Waals surface area contributed by atoms with E-state index in [4.69, 9.17) is 9.47 Å². The summed E-state index contributed by atoms with van der Waals surface area (Å²) in [5, 5.41) is 0. The van der Waals surface area contributed by atoms with Gasteiger partial charge in [-0.2, -0.15) is 0 Å². The van der Waals surface area contributed by atoms with Gasteiger partial charge in [-0.15, -0.1) is 11.3 Å². The van der Waals surface area contributed by atoms with Gasteiger partial charge in [-0.3, -0.25) is 0 Å². The predicted octanol–water partition coefficient (Wildman–Crippen LogP) is 2.49. The molecule has 1 aliphatic heterocycles. The van der Waals surface area contributed by atoms with Gasteiger partial charge in [-0.1, -0.05) is 0 Å². The van der Waals surface area contributed by atoms with Crippen molar-refractivity contribution in [2.24, 2.45) is 0 Å². The Morgan fingerprint density at radius 1 is 1.42 bits per heavy atom. The highest BCUT2D eigenvalue weighted by atomic mass is 32.1. The Hall–Kier alpha value is -1.36. The molecule has 19 heavy (non-hydrogen) atoms. The number of carbonyl (C=O) groups excluding carboxylic acids is 2. The lowest BCUT2D eigenvalue weighted by molar-refractivity contribution is -0.147. The second kappa shape index (κ2) is 4.96. The van der Waals surface area contributed by atoms with Crippen LogP contribution in [-0.2, 0) is 27.1 Å². The molecule has 2 heterocycles. The number of rotatable bonds is 2. The maximum atomic E-state index is 12.1. The second-order valence-corrected chi connectivity index (χ2v) is 6.28. The van der Waals surface area contributed by atoms with E-state index in [0.29, 0.717) is 11.3 Å². The molecule has 0 N–H and O–H groups in total. The van der Waals surface area contributed by atoms with Gasteiger partial charge >= 0.3 is 11.9 Å². The summed E-state index contributed by atoms with van der Waals surface area (Å²) < 4.78 is 10.2. The maximum Gasteiger partial charge on any atom is 0.349 e. The van der Waals surface area contributed by atoms with Crippen LogP contribution >= 0.6 is 11.3 Å². The zero-order valence-corrected chi connectivity index (χ0v) is 11.6. The molecule has 0 unspecified atom stereocenters. The SMILES string of the molecule is C[C@@H]1C[C@H](OC(=O)c2cc3c(s2)CCCC3)C(=O)O1. The van der Waals surface area contributed by atoms with Crippen LogP contribution in [0.15, 0.2) is 6.07 Å². The second-order valence-electron chi connectivity index (χ2n) is 5.14. The first-order valence-corrected chi connectivity index (χ1v) is 7.48. The van der Waals surface area contributed by atoms with E-state index >= 15 is 0 Å². The van der Waals surface area contributed by atoms with E-state index in [1.54, 1.807) is 6.92 Å². The summed E-state index contributed by atoms with van der Waals surface area (Å²) in [6.45, 7) is 1.80. The third-order valence-corrected chi connectivity index (χ3v) is 4.79. The van der Waals surface area contributed by atoms with Crippen molar-refractivity contribution in [1.29, 1.82) is 0 Å². The Kier molecular flexibility index (Phi) is 3.31. The normalized spacial score (nSPS) is 25.8. The quantitative estimate of drug-likeness (QED) is 0.781. The van der Waals surface area contributed by atoms with Crippen molar-refractivity contribution in [2.75, 3.05) is 0 Å². The molecule has 2 atom stereocenters. The summed E-state index contributed by atoms with van der Waals surface area (Å²) in [5.74, 6) is -0.822. The largest absolute Gasteiger partial charge is 0.460 e. The maximum absolute atomic E-state index is 12.1. The molecule has 0 aromatic carbocycles. The molecule has 2 aliphatic rings. The standard InChI is InChI=1S/C14H16O4S/c1-8-6-10(13(15)17-8)18-14(16)12-7-9-4-2-3-5-11(9)19-12/h7-8,10H,2-6H2,1H3/t8-,10+/m1/s1. The van der Waals surface area contributed by atoms with Crippen molar-refractivity contribution in [1.82, 2.24) is 0 Å². The van der Waals surface area contributed by atoms with Crippen LogP contribution in [0.4, 0.5) is 0 Å². The molecular formula is C14H16O4S. The topological polar surface area (TPSA) is 52.6 Å². The highest BCUT2D eigenvalue weighted by Crippen LogP contribution is 2.30. The molecule has 102 valence electrons. The third kappa shape index (κ3) is 2.52. The zero-order chi connectivity index (χ0) is 13.4. The van der Waals surface area contributed by atoms with Crippen molar-refractivity contribution in [2.45, 2.75) is 51.2 Å². The van der Waals surface area contributed by atoms with Crippen LogP contribution in [0.2, 0.25) is 0 Å². The van der Waals surface area contributed by atoms with Crippen LogP contribution < -0.4 is 0 Å². The van der Waals surface area contributed by atoms with Crippen molar-refractivity contribution < 1.29 is 19.1 Å². The Morgan fingerprint density at radius 3 is 2.89 bits per heavy atom. The minimum Gasteiger partial charge on any atom is -0.460 e. The molecule has 4 nitrogen and oxygen atoms in total. The molecule has 5 heteroatoms. The van der Waals surface area contributed by atoms with Crippen LogP contribution in [0.5, 0.6) is 0 Å². The monoisotopic (exact) mass is 280 g/mol. The van der Waals surface area contributed by atoms with Gasteiger partial charge in [0.05, 0.1) is 0 Å². The van der Waals surface area contributed by atoms with E-state index in [1.165, 1.54) is 34.6 Å². The number of carbonyl (C=O) groups is 2. The smallest absolute Gasteiger partial charge is 0.349 e. The molecule has 0 spiro atoms. The fourth-order valence-electron chi connectivity index (χ4n) is 2.59. The van der Waals surface area contributed by atoms with Crippen molar-refractivity contribution in [3.63, 3.8) is 0 Å². The lowest BCUT2D eigenvalue weighted by Crippen LogP contribution is -2.22. The van der Waals surface area contributed by atoms with E-state index in [2.05, 4.69) is 0 Å². The van der Waals surface area contributed by atoms with Gasteiger partial charge in [-0.05, 0) is 44.2 Å². The van der Waals surface area contributed by atoms with Gasteiger partial charge in [0.15, 0.2) is 0 Å². The zero-order valence-electron chi connectivity index (χ0n) is 10.8. The molecular weight excluding hydrogens is 264 g/mol. The Morgan fingerprint density at radius 2 is 2.21 bits per heavy atom. The van der Waals surface area contributed by atoms with Gasteiger partial charge in [0.2, 0.25) is 6.10 Å². The average molecular weight is 280 g/mol. The van der Waals surface area contributed by atoms with Gasteiger partial charge in [0.25, 0.3) is 0 Å². The Balaban J connectivity index is 1.70. The van der Waals surface area contributed by atoms with Crippen molar-refractivity contribution in [3.05, 3.63) is 21.4 Å². The van der Waals surface area contributed by atoms with E-state index < -0.39 is 18.0 Å². The lowest BCUT2D eigenvalue weighted by atomic mass is 9.99. The number of esters is 2. The highest BCUT2D eigenvalue weighted by Gasteiger charge is 2.35. The highest BCUT2D eigenvalue weighted by molar-refractivity contribution is 7.14. The first kappa shape index (κ1) is 12.7. The number of ether oxygens (including phenoxy) is 2. The first-order valence-electron chi connectivity index (χ1n) is 6.66. The molecule has 0 amide bonds. The van der Waals surface area contributed by atoms with Crippen molar-refractivity contribution >= 4 is 23.3 Å². The summed E-state index contributed by atoms with van der Waals surface area (Å²) in [5.41, 5.74) is 1.27. The molecule has 1 aromatic rings.